The van der Waals surface area contributed by atoms with E-state index in [1.807, 2.05) is 6.92 Å². The molecule has 1 aromatic rings. The van der Waals surface area contributed by atoms with Crippen molar-refractivity contribution in [1.29, 1.82) is 0 Å². The van der Waals surface area contributed by atoms with E-state index in [-0.39, 0.29) is 18.3 Å². The zero-order valence-corrected chi connectivity index (χ0v) is 9.63. The largest absolute Gasteiger partial charge is 0.300 e. The van der Waals surface area contributed by atoms with E-state index in [4.69, 9.17) is 0 Å². The van der Waals surface area contributed by atoms with Crippen LogP contribution in [0.2, 0.25) is 0 Å². The van der Waals surface area contributed by atoms with Crippen LogP contribution in [-0.4, -0.2) is 24.3 Å². The number of hydrazine groups is 2. The number of likely N-dealkylation sites (N-methyl/N-ethyl adjacent to an activating group) is 1. The minimum absolute atomic E-state index is 0.0824. The quantitative estimate of drug-likeness (QED) is 0.728. The van der Waals surface area contributed by atoms with Crippen LogP contribution >= 0.6 is 0 Å². The number of hydrogen-bond acceptors (Lipinski definition) is 4. The zero-order valence-electron chi connectivity index (χ0n) is 9.63. The highest BCUT2D eigenvalue weighted by molar-refractivity contribution is 5.19. The van der Waals surface area contributed by atoms with Crippen LogP contribution in [0.15, 0.2) is 18.2 Å². The van der Waals surface area contributed by atoms with E-state index in [2.05, 4.69) is 16.3 Å². The maximum absolute atomic E-state index is 13.4. The minimum Gasteiger partial charge on any atom is -0.300 e. The molecule has 0 aromatic heterocycles. The highest BCUT2D eigenvalue weighted by atomic mass is 19.1. The monoisotopic (exact) mass is 242 g/mol. The second kappa shape index (κ2) is 5.50. The highest BCUT2D eigenvalue weighted by Gasteiger charge is 2.22. The molecule has 1 heterocycles. The van der Waals surface area contributed by atoms with E-state index in [9.17, 15) is 8.78 Å². The maximum Gasteiger partial charge on any atom is 0.130 e. The summed E-state index contributed by atoms with van der Waals surface area (Å²) in [5, 5.41) is 4.92. The number of hydrogen-bond donors (Lipinski definition) is 3. The standard InChI is InChI=1S/C11H16F2N4/c1-2-14-11-7-17(16-15-11)6-8-9(12)4-3-5-10(8)13/h3-5,11,14-16H,2,6-7H2,1H3. The van der Waals surface area contributed by atoms with Crippen molar-refractivity contribution < 1.29 is 8.78 Å². The van der Waals surface area contributed by atoms with Gasteiger partial charge >= 0.3 is 0 Å². The van der Waals surface area contributed by atoms with E-state index < -0.39 is 11.6 Å². The van der Waals surface area contributed by atoms with Crippen LogP contribution in [0.4, 0.5) is 8.78 Å². The molecule has 0 aliphatic carbocycles. The van der Waals surface area contributed by atoms with Gasteiger partial charge in [0.2, 0.25) is 0 Å². The van der Waals surface area contributed by atoms with Crippen molar-refractivity contribution in [2.75, 3.05) is 13.1 Å². The lowest BCUT2D eigenvalue weighted by Crippen LogP contribution is -2.42. The molecule has 0 radical (unpaired) electrons. The zero-order chi connectivity index (χ0) is 12.3. The van der Waals surface area contributed by atoms with Crippen molar-refractivity contribution >= 4 is 0 Å². The molecule has 1 aromatic carbocycles. The summed E-state index contributed by atoms with van der Waals surface area (Å²) in [4.78, 5) is 0. The van der Waals surface area contributed by atoms with Crippen LogP contribution in [0.1, 0.15) is 12.5 Å². The number of benzene rings is 1. The molecule has 0 amide bonds. The summed E-state index contributed by atoms with van der Waals surface area (Å²) in [6, 6.07) is 3.90. The van der Waals surface area contributed by atoms with Gasteiger partial charge in [-0.15, -0.1) is 0 Å². The Morgan fingerprint density at radius 2 is 2.12 bits per heavy atom. The van der Waals surface area contributed by atoms with Crippen molar-refractivity contribution in [2.45, 2.75) is 19.6 Å². The fourth-order valence-electron chi connectivity index (χ4n) is 1.82. The maximum atomic E-state index is 13.4. The molecule has 94 valence electrons. The van der Waals surface area contributed by atoms with E-state index >= 15 is 0 Å². The lowest BCUT2D eigenvalue weighted by Gasteiger charge is -2.15. The first-order valence-corrected chi connectivity index (χ1v) is 5.63. The topological polar surface area (TPSA) is 39.3 Å². The average molecular weight is 242 g/mol. The van der Waals surface area contributed by atoms with E-state index in [0.29, 0.717) is 6.54 Å². The normalized spacial score (nSPS) is 21.0. The molecular formula is C11H16F2N4. The van der Waals surface area contributed by atoms with E-state index in [1.165, 1.54) is 18.2 Å². The van der Waals surface area contributed by atoms with Crippen molar-refractivity contribution in [3.05, 3.63) is 35.4 Å². The van der Waals surface area contributed by atoms with Crippen molar-refractivity contribution in [1.82, 2.24) is 21.3 Å². The van der Waals surface area contributed by atoms with Gasteiger partial charge in [0.15, 0.2) is 0 Å². The van der Waals surface area contributed by atoms with Crippen LogP contribution in [0, 0.1) is 11.6 Å². The van der Waals surface area contributed by atoms with Crippen molar-refractivity contribution in [2.24, 2.45) is 0 Å². The first kappa shape index (κ1) is 12.4. The molecule has 17 heavy (non-hydrogen) atoms. The SMILES string of the molecule is CCNC1CN(Cc2c(F)cccc2F)NN1. The summed E-state index contributed by atoms with van der Waals surface area (Å²) in [5.74, 6) is -1.03. The molecule has 2 rings (SSSR count). The molecule has 1 unspecified atom stereocenters. The van der Waals surface area contributed by atoms with Crippen LogP contribution < -0.4 is 16.3 Å². The van der Waals surface area contributed by atoms with Gasteiger partial charge in [-0.05, 0) is 18.7 Å². The Hall–Kier alpha value is -1.08. The van der Waals surface area contributed by atoms with E-state index in [1.54, 1.807) is 5.01 Å². The molecular weight excluding hydrogens is 226 g/mol. The molecule has 0 saturated carbocycles. The van der Waals surface area contributed by atoms with Gasteiger partial charge < -0.3 is 5.32 Å². The number of nitrogens with one attached hydrogen (secondary N) is 3. The number of nitrogens with zero attached hydrogens (tertiary/aromatic N) is 1. The van der Waals surface area contributed by atoms with Crippen LogP contribution in [0.5, 0.6) is 0 Å². The first-order chi connectivity index (χ1) is 8.20. The molecule has 1 saturated heterocycles. The summed E-state index contributed by atoms with van der Waals surface area (Å²) in [6.07, 6.45) is 0.0924. The fourth-order valence-corrected chi connectivity index (χ4v) is 1.82. The smallest absolute Gasteiger partial charge is 0.130 e. The fraction of sp³-hybridized carbons (Fsp3) is 0.455. The second-order valence-electron chi connectivity index (χ2n) is 3.95. The molecule has 1 aliphatic heterocycles. The predicted molar refractivity (Wildman–Crippen MR) is 60.5 cm³/mol. The van der Waals surface area contributed by atoms with Gasteiger partial charge in [-0.3, -0.25) is 0 Å². The second-order valence-corrected chi connectivity index (χ2v) is 3.95. The molecule has 0 bridgehead atoms. The van der Waals surface area contributed by atoms with Gasteiger partial charge in [0.05, 0.1) is 6.17 Å². The molecule has 0 spiro atoms. The summed E-state index contributed by atoms with van der Waals surface area (Å²) in [6.45, 7) is 3.66. The van der Waals surface area contributed by atoms with Gasteiger partial charge in [0.1, 0.15) is 11.6 Å². The third-order valence-corrected chi connectivity index (χ3v) is 2.66. The van der Waals surface area contributed by atoms with Crippen LogP contribution in [0.25, 0.3) is 0 Å². The Morgan fingerprint density at radius 1 is 1.41 bits per heavy atom. The summed E-state index contributed by atoms with van der Waals surface area (Å²) in [5.41, 5.74) is 5.95. The predicted octanol–water partition coefficient (Wildman–Crippen LogP) is 0.725. The van der Waals surface area contributed by atoms with Gasteiger partial charge in [-0.1, -0.05) is 13.0 Å². The number of rotatable bonds is 4. The van der Waals surface area contributed by atoms with Gasteiger partial charge in [-0.2, -0.15) is 5.53 Å². The van der Waals surface area contributed by atoms with Gasteiger partial charge in [0, 0.05) is 18.7 Å². The Morgan fingerprint density at radius 3 is 2.76 bits per heavy atom. The third kappa shape index (κ3) is 2.98. The Kier molecular flexibility index (Phi) is 4.01. The molecule has 4 nitrogen and oxygen atoms in total. The molecule has 3 N–H and O–H groups in total. The Balaban J connectivity index is 1.98. The highest BCUT2D eigenvalue weighted by Crippen LogP contribution is 2.14. The summed E-state index contributed by atoms with van der Waals surface area (Å²) in [7, 11) is 0. The third-order valence-electron chi connectivity index (χ3n) is 2.66. The first-order valence-electron chi connectivity index (χ1n) is 5.63. The average Bonchev–Trinajstić information content (AvgIpc) is 2.72. The molecule has 1 aliphatic rings. The Bertz CT molecular complexity index is 365. The van der Waals surface area contributed by atoms with Crippen LogP contribution in [-0.2, 0) is 6.54 Å². The Labute approximate surface area is 98.9 Å². The summed E-state index contributed by atoms with van der Waals surface area (Å²) < 4.78 is 26.8. The van der Waals surface area contributed by atoms with Crippen molar-refractivity contribution in [3.63, 3.8) is 0 Å². The molecule has 1 atom stereocenters. The number of halogens is 2. The lowest BCUT2D eigenvalue weighted by molar-refractivity contribution is 0.217. The molecule has 1 fully saturated rings. The lowest BCUT2D eigenvalue weighted by atomic mass is 10.2. The molecule has 6 heteroatoms. The summed E-state index contributed by atoms with van der Waals surface area (Å²) >= 11 is 0. The van der Waals surface area contributed by atoms with Gasteiger partial charge in [0.25, 0.3) is 0 Å². The van der Waals surface area contributed by atoms with Crippen LogP contribution in [0.3, 0.4) is 0 Å². The minimum atomic E-state index is -0.515. The van der Waals surface area contributed by atoms with E-state index in [0.717, 1.165) is 6.54 Å². The van der Waals surface area contributed by atoms with Gasteiger partial charge in [-0.25, -0.2) is 19.2 Å². The van der Waals surface area contributed by atoms with Crippen molar-refractivity contribution in [3.8, 4) is 0 Å².